The van der Waals surface area contributed by atoms with Gasteiger partial charge in [0.2, 0.25) is 5.91 Å². The van der Waals surface area contributed by atoms with E-state index in [1.807, 2.05) is 17.0 Å². The van der Waals surface area contributed by atoms with Gasteiger partial charge in [-0.2, -0.15) is 0 Å². The first-order chi connectivity index (χ1) is 10.6. The largest absolute Gasteiger partial charge is 0.392 e. The Kier molecular flexibility index (Phi) is 4.76. The van der Waals surface area contributed by atoms with Gasteiger partial charge in [0, 0.05) is 37.4 Å². The minimum Gasteiger partial charge on any atom is -0.392 e. The SMILES string of the molecule is C[C@@H](O)CN1CCN(C(=O)Cc2csc3ccccc23)CC1. The van der Waals surface area contributed by atoms with Crippen LogP contribution in [0.2, 0.25) is 0 Å². The number of carbonyl (C=O) groups is 1. The molecule has 0 spiro atoms. The first-order valence-electron chi connectivity index (χ1n) is 7.77. The molecule has 1 aliphatic rings. The quantitative estimate of drug-likeness (QED) is 0.937. The summed E-state index contributed by atoms with van der Waals surface area (Å²) in [4.78, 5) is 16.7. The summed E-state index contributed by atoms with van der Waals surface area (Å²) in [6.45, 7) is 5.71. The molecule has 0 saturated carbocycles. The summed E-state index contributed by atoms with van der Waals surface area (Å²) in [5, 5.41) is 12.7. The number of rotatable bonds is 4. The first-order valence-corrected chi connectivity index (χ1v) is 8.65. The number of benzene rings is 1. The van der Waals surface area contributed by atoms with Gasteiger partial charge in [0.15, 0.2) is 0 Å². The van der Waals surface area contributed by atoms with Gasteiger partial charge in [0.1, 0.15) is 0 Å². The van der Waals surface area contributed by atoms with Crippen LogP contribution in [0.15, 0.2) is 29.6 Å². The molecule has 0 radical (unpaired) electrons. The maximum atomic E-state index is 12.5. The van der Waals surface area contributed by atoms with Crippen LogP contribution in [-0.4, -0.2) is 59.6 Å². The molecule has 1 aromatic carbocycles. The number of aliphatic hydroxyl groups is 1. The highest BCUT2D eigenvalue weighted by molar-refractivity contribution is 7.17. The van der Waals surface area contributed by atoms with E-state index in [1.54, 1.807) is 18.3 Å². The second-order valence-electron chi connectivity index (χ2n) is 5.96. The van der Waals surface area contributed by atoms with Crippen LogP contribution in [-0.2, 0) is 11.2 Å². The van der Waals surface area contributed by atoms with Crippen molar-refractivity contribution in [3.05, 3.63) is 35.2 Å². The van der Waals surface area contributed by atoms with Crippen LogP contribution in [0.4, 0.5) is 0 Å². The molecule has 1 amide bonds. The molecule has 5 heteroatoms. The van der Waals surface area contributed by atoms with E-state index in [2.05, 4.69) is 22.4 Å². The monoisotopic (exact) mass is 318 g/mol. The van der Waals surface area contributed by atoms with Gasteiger partial charge in [-0.1, -0.05) is 18.2 Å². The van der Waals surface area contributed by atoms with Crippen LogP contribution in [0.3, 0.4) is 0 Å². The van der Waals surface area contributed by atoms with Crippen molar-refractivity contribution in [2.45, 2.75) is 19.4 Å². The number of fused-ring (bicyclic) bond motifs is 1. The summed E-state index contributed by atoms with van der Waals surface area (Å²) in [7, 11) is 0. The van der Waals surface area contributed by atoms with Gasteiger partial charge in [-0.15, -0.1) is 11.3 Å². The van der Waals surface area contributed by atoms with E-state index < -0.39 is 0 Å². The van der Waals surface area contributed by atoms with Crippen molar-refractivity contribution in [2.75, 3.05) is 32.7 Å². The van der Waals surface area contributed by atoms with E-state index >= 15 is 0 Å². The third-order valence-electron chi connectivity index (χ3n) is 4.15. The molecule has 4 nitrogen and oxygen atoms in total. The summed E-state index contributed by atoms with van der Waals surface area (Å²) in [5.74, 6) is 0.209. The number of aliphatic hydroxyl groups excluding tert-OH is 1. The van der Waals surface area contributed by atoms with Crippen LogP contribution in [0.5, 0.6) is 0 Å². The van der Waals surface area contributed by atoms with E-state index in [0.717, 1.165) is 31.7 Å². The Balaban J connectivity index is 1.59. The molecule has 2 heterocycles. The Morgan fingerprint density at radius 1 is 1.27 bits per heavy atom. The molecule has 1 N–H and O–H groups in total. The number of thiophene rings is 1. The van der Waals surface area contributed by atoms with E-state index in [0.29, 0.717) is 13.0 Å². The molecule has 1 aromatic heterocycles. The van der Waals surface area contributed by atoms with Crippen molar-refractivity contribution < 1.29 is 9.90 Å². The number of β-amino-alcohol motifs (C(OH)–C–C–N with tert-alkyl or cyclic N) is 1. The second kappa shape index (κ2) is 6.77. The first kappa shape index (κ1) is 15.5. The van der Waals surface area contributed by atoms with Crippen LogP contribution < -0.4 is 0 Å². The third kappa shape index (κ3) is 3.48. The molecule has 0 bridgehead atoms. The molecule has 3 rings (SSSR count). The van der Waals surface area contributed by atoms with Crippen LogP contribution in [0.1, 0.15) is 12.5 Å². The topological polar surface area (TPSA) is 43.8 Å². The van der Waals surface area contributed by atoms with Crippen molar-refractivity contribution >= 4 is 27.3 Å². The predicted octanol–water partition coefficient (Wildman–Crippen LogP) is 1.97. The van der Waals surface area contributed by atoms with Gasteiger partial charge in [0.05, 0.1) is 12.5 Å². The third-order valence-corrected chi connectivity index (χ3v) is 5.16. The average Bonchev–Trinajstić information content (AvgIpc) is 2.91. The zero-order valence-electron chi connectivity index (χ0n) is 12.9. The smallest absolute Gasteiger partial charge is 0.227 e. The Morgan fingerprint density at radius 3 is 2.73 bits per heavy atom. The molecule has 2 aromatic rings. The number of carbonyl (C=O) groups excluding carboxylic acids is 1. The van der Waals surface area contributed by atoms with Crippen LogP contribution >= 0.6 is 11.3 Å². The Labute approximate surface area is 135 Å². The summed E-state index contributed by atoms with van der Waals surface area (Å²) in [6, 6.07) is 8.25. The summed E-state index contributed by atoms with van der Waals surface area (Å²) in [5.41, 5.74) is 1.14. The fourth-order valence-corrected chi connectivity index (χ4v) is 3.96. The minimum atomic E-state index is -0.306. The van der Waals surface area contributed by atoms with Crippen molar-refractivity contribution in [3.63, 3.8) is 0 Å². The summed E-state index contributed by atoms with van der Waals surface area (Å²) < 4.78 is 1.24. The molecule has 0 unspecified atom stereocenters. The predicted molar refractivity (Wildman–Crippen MR) is 90.2 cm³/mol. The molecule has 1 fully saturated rings. The lowest BCUT2D eigenvalue weighted by Gasteiger charge is -2.35. The van der Waals surface area contributed by atoms with E-state index in [1.165, 1.54) is 10.1 Å². The number of hydrogen-bond acceptors (Lipinski definition) is 4. The maximum Gasteiger partial charge on any atom is 0.227 e. The van der Waals surface area contributed by atoms with Crippen molar-refractivity contribution in [2.24, 2.45) is 0 Å². The van der Waals surface area contributed by atoms with Crippen molar-refractivity contribution in [3.8, 4) is 0 Å². The highest BCUT2D eigenvalue weighted by Crippen LogP contribution is 2.26. The number of piperazine rings is 1. The summed E-state index contributed by atoms with van der Waals surface area (Å²) in [6.07, 6.45) is 0.180. The van der Waals surface area contributed by atoms with E-state index in [4.69, 9.17) is 0 Å². The summed E-state index contributed by atoms with van der Waals surface area (Å²) >= 11 is 1.70. The maximum absolute atomic E-state index is 12.5. The lowest BCUT2D eigenvalue weighted by atomic mass is 10.1. The zero-order chi connectivity index (χ0) is 15.5. The van der Waals surface area contributed by atoms with Gasteiger partial charge in [-0.25, -0.2) is 0 Å². The highest BCUT2D eigenvalue weighted by atomic mass is 32.1. The molecule has 1 atom stereocenters. The van der Waals surface area contributed by atoms with Gasteiger partial charge >= 0.3 is 0 Å². The highest BCUT2D eigenvalue weighted by Gasteiger charge is 2.22. The van der Waals surface area contributed by atoms with Gasteiger partial charge in [0.25, 0.3) is 0 Å². The van der Waals surface area contributed by atoms with Crippen LogP contribution in [0.25, 0.3) is 10.1 Å². The standard InChI is InChI=1S/C17H22N2O2S/c1-13(20)11-18-6-8-19(9-7-18)17(21)10-14-12-22-16-5-3-2-4-15(14)16/h2-5,12-13,20H,6-11H2,1H3/t13-/m1/s1. The van der Waals surface area contributed by atoms with Gasteiger partial charge in [-0.3, -0.25) is 9.69 Å². The van der Waals surface area contributed by atoms with E-state index in [9.17, 15) is 9.90 Å². The van der Waals surface area contributed by atoms with Gasteiger partial charge in [-0.05, 0) is 29.3 Å². The zero-order valence-corrected chi connectivity index (χ0v) is 13.7. The molecule has 22 heavy (non-hydrogen) atoms. The Bertz CT molecular complexity index is 645. The number of hydrogen-bond donors (Lipinski definition) is 1. The van der Waals surface area contributed by atoms with Crippen molar-refractivity contribution in [1.82, 2.24) is 9.80 Å². The lowest BCUT2D eigenvalue weighted by Crippen LogP contribution is -2.50. The molecule has 1 aliphatic heterocycles. The second-order valence-corrected chi connectivity index (χ2v) is 6.88. The normalized spacial score (nSPS) is 17.8. The molecule has 0 aliphatic carbocycles. The number of amides is 1. The minimum absolute atomic E-state index is 0.209. The molecule has 1 saturated heterocycles. The number of nitrogens with zero attached hydrogens (tertiary/aromatic N) is 2. The Hall–Kier alpha value is -1.43. The fourth-order valence-electron chi connectivity index (χ4n) is 3.00. The van der Waals surface area contributed by atoms with Gasteiger partial charge < -0.3 is 10.0 Å². The van der Waals surface area contributed by atoms with E-state index in [-0.39, 0.29) is 12.0 Å². The average molecular weight is 318 g/mol. The van der Waals surface area contributed by atoms with Crippen LogP contribution in [0, 0.1) is 0 Å². The molecular formula is C17H22N2O2S. The fraction of sp³-hybridized carbons (Fsp3) is 0.471. The molecule has 118 valence electrons. The molecular weight excluding hydrogens is 296 g/mol. The lowest BCUT2D eigenvalue weighted by molar-refractivity contribution is -0.132. The van der Waals surface area contributed by atoms with Crippen molar-refractivity contribution in [1.29, 1.82) is 0 Å². The Morgan fingerprint density at radius 2 is 2.00 bits per heavy atom.